The van der Waals surface area contributed by atoms with E-state index in [1.165, 1.54) is 5.56 Å². The summed E-state index contributed by atoms with van der Waals surface area (Å²) < 4.78 is 1.01. The van der Waals surface area contributed by atoms with E-state index < -0.39 is 0 Å². The molecule has 0 bridgehead atoms. The SMILES string of the molecule is Sc1cccc(Cc2ccc(Br)cn2)c1. The van der Waals surface area contributed by atoms with E-state index in [9.17, 15) is 0 Å². The largest absolute Gasteiger partial charge is 0.260 e. The number of halogens is 1. The quantitative estimate of drug-likeness (QED) is 0.827. The summed E-state index contributed by atoms with van der Waals surface area (Å²) in [6.07, 6.45) is 2.67. The molecular formula is C12H10BrNS. The molecule has 0 atom stereocenters. The first-order chi connectivity index (χ1) is 7.24. The van der Waals surface area contributed by atoms with E-state index >= 15 is 0 Å². The highest BCUT2D eigenvalue weighted by molar-refractivity contribution is 9.10. The molecule has 0 saturated carbocycles. The molecule has 2 rings (SSSR count). The lowest BCUT2D eigenvalue weighted by molar-refractivity contribution is 1.06. The van der Waals surface area contributed by atoms with Crippen LogP contribution in [0.2, 0.25) is 0 Å². The smallest absolute Gasteiger partial charge is 0.0448 e. The van der Waals surface area contributed by atoms with Gasteiger partial charge in [0.15, 0.2) is 0 Å². The minimum atomic E-state index is 0.849. The molecule has 0 aliphatic heterocycles. The maximum absolute atomic E-state index is 4.33. The Bertz CT molecular complexity index is 453. The molecule has 0 radical (unpaired) electrons. The Hall–Kier alpha value is -0.800. The van der Waals surface area contributed by atoms with Crippen molar-refractivity contribution in [1.82, 2.24) is 4.98 Å². The number of pyridine rings is 1. The van der Waals surface area contributed by atoms with Gasteiger partial charge in [-0.2, -0.15) is 0 Å². The summed E-state index contributed by atoms with van der Waals surface area (Å²) in [4.78, 5) is 5.32. The lowest BCUT2D eigenvalue weighted by Crippen LogP contribution is -1.91. The third-order valence-corrected chi connectivity index (χ3v) is 2.83. The maximum atomic E-state index is 4.33. The van der Waals surface area contributed by atoms with Crippen molar-refractivity contribution in [2.75, 3.05) is 0 Å². The van der Waals surface area contributed by atoms with Crippen LogP contribution in [0.25, 0.3) is 0 Å². The monoisotopic (exact) mass is 279 g/mol. The van der Waals surface area contributed by atoms with Crippen molar-refractivity contribution in [3.8, 4) is 0 Å². The number of hydrogen-bond acceptors (Lipinski definition) is 2. The van der Waals surface area contributed by atoms with Crippen LogP contribution in [0.4, 0.5) is 0 Å². The molecule has 0 amide bonds. The van der Waals surface area contributed by atoms with Gasteiger partial charge in [0.25, 0.3) is 0 Å². The van der Waals surface area contributed by atoms with Crippen LogP contribution >= 0.6 is 28.6 Å². The van der Waals surface area contributed by atoms with Crippen LogP contribution in [-0.4, -0.2) is 4.98 Å². The van der Waals surface area contributed by atoms with Crippen LogP contribution < -0.4 is 0 Å². The summed E-state index contributed by atoms with van der Waals surface area (Å²) >= 11 is 7.68. The Morgan fingerprint density at radius 3 is 2.73 bits per heavy atom. The number of rotatable bonds is 2. The molecular weight excluding hydrogens is 270 g/mol. The van der Waals surface area contributed by atoms with Gasteiger partial charge >= 0.3 is 0 Å². The average molecular weight is 280 g/mol. The average Bonchev–Trinajstić information content (AvgIpc) is 2.22. The minimum absolute atomic E-state index is 0.849. The Labute approximate surface area is 103 Å². The van der Waals surface area contributed by atoms with E-state index in [-0.39, 0.29) is 0 Å². The summed E-state index contributed by atoms with van der Waals surface area (Å²) in [5, 5.41) is 0. The van der Waals surface area contributed by atoms with Gasteiger partial charge in [-0.25, -0.2) is 0 Å². The first-order valence-electron chi connectivity index (χ1n) is 4.62. The van der Waals surface area contributed by atoms with E-state index in [1.54, 1.807) is 0 Å². The molecule has 0 saturated heterocycles. The minimum Gasteiger partial charge on any atom is -0.260 e. The highest BCUT2D eigenvalue weighted by Gasteiger charge is 1.98. The molecule has 3 heteroatoms. The molecule has 1 aromatic carbocycles. The molecule has 1 nitrogen and oxygen atoms in total. The standard InChI is InChI=1S/C12H10BrNS/c13-10-4-5-11(14-8-10)6-9-2-1-3-12(15)7-9/h1-5,7-8,15H,6H2. The summed E-state index contributed by atoms with van der Waals surface area (Å²) in [5.41, 5.74) is 2.30. The van der Waals surface area contributed by atoms with Crippen LogP contribution in [0.5, 0.6) is 0 Å². The number of thiol groups is 1. The normalized spacial score (nSPS) is 10.3. The molecule has 0 N–H and O–H groups in total. The van der Waals surface area contributed by atoms with Crippen LogP contribution in [0.3, 0.4) is 0 Å². The van der Waals surface area contributed by atoms with Crippen molar-refractivity contribution in [3.63, 3.8) is 0 Å². The van der Waals surface area contributed by atoms with Gasteiger partial charge in [-0.1, -0.05) is 12.1 Å². The van der Waals surface area contributed by atoms with Crippen LogP contribution in [0.1, 0.15) is 11.3 Å². The van der Waals surface area contributed by atoms with E-state index in [0.29, 0.717) is 0 Å². The van der Waals surface area contributed by atoms with Crippen LogP contribution in [-0.2, 0) is 6.42 Å². The van der Waals surface area contributed by atoms with Gasteiger partial charge in [-0.3, -0.25) is 4.98 Å². The second-order valence-corrected chi connectivity index (χ2v) is 4.75. The van der Waals surface area contributed by atoms with Gasteiger partial charge in [0.05, 0.1) is 0 Å². The molecule has 1 aromatic heterocycles. The zero-order chi connectivity index (χ0) is 10.7. The highest BCUT2D eigenvalue weighted by atomic mass is 79.9. The maximum Gasteiger partial charge on any atom is 0.0448 e. The Kier molecular flexibility index (Phi) is 3.44. The van der Waals surface area contributed by atoms with E-state index in [1.807, 2.05) is 30.5 Å². The summed E-state index contributed by atoms with van der Waals surface area (Å²) in [6.45, 7) is 0. The summed E-state index contributed by atoms with van der Waals surface area (Å²) in [5.74, 6) is 0. The fraction of sp³-hybridized carbons (Fsp3) is 0.0833. The molecule has 0 aliphatic carbocycles. The van der Waals surface area contributed by atoms with Gasteiger partial charge in [-0.05, 0) is 45.8 Å². The molecule has 15 heavy (non-hydrogen) atoms. The Balaban J connectivity index is 2.18. The molecule has 0 unspecified atom stereocenters. The van der Waals surface area contributed by atoms with Gasteiger partial charge < -0.3 is 0 Å². The number of nitrogens with zero attached hydrogens (tertiary/aromatic N) is 1. The second kappa shape index (κ2) is 4.81. The Morgan fingerprint density at radius 1 is 1.20 bits per heavy atom. The van der Waals surface area contributed by atoms with E-state index in [4.69, 9.17) is 0 Å². The van der Waals surface area contributed by atoms with Crippen molar-refractivity contribution < 1.29 is 0 Å². The van der Waals surface area contributed by atoms with E-state index in [0.717, 1.165) is 21.5 Å². The molecule has 0 fully saturated rings. The van der Waals surface area contributed by atoms with Gasteiger partial charge in [0.1, 0.15) is 0 Å². The van der Waals surface area contributed by atoms with Gasteiger partial charge in [0, 0.05) is 27.7 Å². The van der Waals surface area contributed by atoms with Crippen LogP contribution in [0, 0.1) is 0 Å². The fourth-order valence-electron chi connectivity index (χ4n) is 1.39. The van der Waals surface area contributed by atoms with Crippen LogP contribution in [0.15, 0.2) is 52.0 Å². The van der Waals surface area contributed by atoms with Gasteiger partial charge in [-0.15, -0.1) is 12.6 Å². The van der Waals surface area contributed by atoms with E-state index in [2.05, 4.69) is 45.7 Å². The van der Waals surface area contributed by atoms with Crippen molar-refractivity contribution in [3.05, 3.63) is 58.3 Å². The van der Waals surface area contributed by atoms with Crippen molar-refractivity contribution >= 4 is 28.6 Å². The predicted octanol–water partition coefficient (Wildman–Crippen LogP) is 3.72. The zero-order valence-corrected chi connectivity index (χ0v) is 10.5. The topological polar surface area (TPSA) is 12.9 Å². The highest BCUT2D eigenvalue weighted by Crippen LogP contribution is 2.14. The lowest BCUT2D eigenvalue weighted by atomic mass is 10.1. The predicted molar refractivity (Wildman–Crippen MR) is 68.4 cm³/mol. The van der Waals surface area contributed by atoms with Gasteiger partial charge in [0.2, 0.25) is 0 Å². The van der Waals surface area contributed by atoms with Crippen molar-refractivity contribution in [2.45, 2.75) is 11.3 Å². The van der Waals surface area contributed by atoms with Crippen molar-refractivity contribution in [2.24, 2.45) is 0 Å². The first-order valence-corrected chi connectivity index (χ1v) is 5.86. The number of aromatic nitrogens is 1. The summed E-state index contributed by atoms with van der Waals surface area (Å²) in [7, 11) is 0. The summed E-state index contributed by atoms with van der Waals surface area (Å²) in [6, 6.07) is 12.2. The Morgan fingerprint density at radius 2 is 2.07 bits per heavy atom. The molecule has 76 valence electrons. The first kappa shape index (κ1) is 10.7. The number of hydrogen-bond donors (Lipinski definition) is 1. The second-order valence-electron chi connectivity index (χ2n) is 3.31. The third-order valence-electron chi connectivity index (χ3n) is 2.08. The number of benzene rings is 1. The fourth-order valence-corrected chi connectivity index (χ4v) is 1.87. The molecule has 2 aromatic rings. The molecule has 0 aliphatic rings. The molecule has 1 heterocycles. The lowest BCUT2D eigenvalue weighted by Gasteiger charge is -2.02. The zero-order valence-electron chi connectivity index (χ0n) is 8.02. The third kappa shape index (κ3) is 3.08. The van der Waals surface area contributed by atoms with Crippen molar-refractivity contribution in [1.29, 1.82) is 0 Å². The molecule has 0 spiro atoms.